The third-order valence-corrected chi connectivity index (χ3v) is 8.67. The van der Waals surface area contributed by atoms with E-state index in [1.807, 2.05) is 0 Å². The first-order valence-corrected chi connectivity index (χ1v) is 13.1. The molecule has 3 aliphatic rings. The number of alkyl halides is 3. The number of likely N-dealkylation sites (N-methyl/N-ethyl adjacent to an activating group) is 1. The van der Waals surface area contributed by atoms with Crippen LogP contribution in [-0.2, 0) is 31.8 Å². The van der Waals surface area contributed by atoms with Gasteiger partial charge in [0, 0.05) is 5.92 Å². The molecule has 0 aliphatic heterocycles. The number of rotatable bonds is 4. The Bertz CT molecular complexity index is 1560. The standard InChI is InChI=1S/C30H27F3N2O7/c1-35(2)23-18-12-15-11-17-14(6-3-13-4-8-16(9-5-13)30(31,32)33)7-10-19(36)21(17)24(37)20(15)26(39)29(18,42)27(40)22(25(23)38)28(34)41/h3-10,15,18,20,22-23,36,42H,11-12H2,1-2H3,(H2,34,41)/b6-3+/t15-,18-,20?,22?,23-,29-/m1/s1. The minimum Gasteiger partial charge on any atom is -0.507 e. The smallest absolute Gasteiger partial charge is 0.416 e. The van der Waals surface area contributed by atoms with Gasteiger partial charge in [0.2, 0.25) is 5.91 Å². The Balaban J connectivity index is 1.55. The number of Topliss-reactive ketones (excluding diaryl/α,β-unsaturated/α-hetero) is 4. The summed E-state index contributed by atoms with van der Waals surface area (Å²) in [5, 5.41) is 22.2. The highest BCUT2D eigenvalue weighted by Gasteiger charge is 2.69. The van der Waals surface area contributed by atoms with E-state index >= 15 is 0 Å². The first kappa shape index (κ1) is 29.3. The normalized spacial score (nSPS) is 29.5. The number of nitrogens with zero attached hydrogens (tertiary/aromatic N) is 1. The largest absolute Gasteiger partial charge is 0.507 e. The first-order chi connectivity index (χ1) is 19.6. The Morgan fingerprint density at radius 3 is 2.24 bits per heavy atom. The van der Waals surface area contributed by atoms with E-state index in [2.05, 4.69) is 0 Å². The number of hydrogen-bond donors (Lipinski definition) is 3. The maximum Gasteiger partial charge on any atom is 0.416 e. The lowest BCUT2D eigenvalue weighted by molar-refractivity contribution is -0.181. The molecular formula is C30H27F3N2O7. The highest BCUT2D eigenvalue weighted by Crippen LogP contribution is 2.51. The molecule has 0 radical (unpaired) electrons. The molecule has 1 amide bonds. The number of hydrogen-bond acceptors (Lipinski definition) is 8. The Kier molecular flexibility index (Phi) is 6.97. The molecule has 0 spiro atoms. The van der Waals surface area contributed by atoms with Crippen molar-refractivity contribution in [3.8, 4) is 5.75 Å². The molecular weight excluding hydrogens is 557 g/mol. The van der Waals surface area contributed by atoms with Crippen molar-refractivity contribution in [1.29, 1.82) is 0 Å². The monoisotopic (exact) mass is 584 g/mol. The number of primary amides is 1. The fraction of sp³-hybridized carbons (Fsp3) is 0.367. The third-order valence-electron chi connectivity index (χ3n) is 8.67. The van der Waals surface area contributed by atoms with Gasteiger partial charge in [-0.25, -0.2) is 0 Å². The molecule has 2 unspecified atom stereocenters. The van der Waals surface area contributed by atoms with Gasteiger partial charge in [0.15, 0.2) is 34.7 Å². The average molecular weight is 585 g/mol. The number of nitrogens with two attached hydrogens (primary N) is 1. The molecule has 220 valence electrons. The van der Waals surface area contributed by atoms with E-state index in [0.717, 1.165) is 12.1 Å². The predicted octanol–water partition coefficient (Wildman–Crippen LogP) is 2.06. The molecule has 2 fully saturated rings. The van der Waals surface area contributed by atoms with Gasteiger partial charge in [-0.3, -0.25) is 28.9 Å². The van der Waals surface area contributed by atoms with Gasteiger partial charge >= 0.3 is 6.18 Å². The van der Waals surface area contributed by atoms with Crippen molar-refractivity contribution in [2.24, 2.45) is 29.4 Å². The minimum atomic E-state index is -4.49. The van der Waals surface area contributed by atoms with Crippen LogP contribution in [0.15, 0.2) is 36.4 Å². The Hall–Kier alpha value is -4.16. The van der Waals surface area contributed by atoms with E-state index in [4.69, 9.17) is 5.73 Å². The second-order valence-corrected chi connectivity index (χ2v) is 11.3. The van der Waals surface area contributed by atoms with Gasteiger partial charge in [-0.1, -0.05) is 30.4 Å². The lowest BCUT2D eigenvalue weighted by Crippen LogP contribution is -2.74. The summed E-state index contributed by atoms with van der Waals surface area (Å²) in [5.41, 5.74) is 2.82. The van der Waals surface area contributed by atoms with Gasteiger partial charge in [0.1, 0.15) is 5.75 Å². The topological polar surface area (TPSA) is 155 Å². The third kappa shape index (κ3) is 4.36. The Morgan fingerprint density at radius 2 is 1.67 bits per heavy atom. The number of benzene rings is 2. The number of carbonyl (C=O) groups is 5. The van der Waals surface area contributed by atoms with Crippen LogP contribution < -0.4 is 5.73 Å². The lowest BCUT2D eigenvalue weighted by atomic mass is 9.52. The van der Waals surface area contributed by atoms with E-state index in [1.54, 1.807) is 12.2 Å². The van der Waals surface area contributed by atoms with Crippen molar-refractivity contribution in [3.63, 3.8) is 0 Å². The van der Waals surface area contributed by atoms with Crippen molar-refractivity contribution in [3.05, 3.63) is 64.2 Å². The molecule has 2 aromatic rings. The summed E-state index contributed by atoms with van der Waals surface area (Å²) in [5.74, 6) is -11.4. The second-order valence-electron chi connectivity index (χ2n) is 11.3. The molecule has 2 saturated carbocycles. The van der Waals surface area contributed by atoms with Crippen molar-refractivity contribution < 1.29 is 47.4 Å². The molecule has 5 rings (SSSR count). The zero-order valence-electron chi connectivity index (χ0n) is 22.5. The van der Waals surface area contributed by atoms with Gasteiger partial charge in [-0.15, -0.1) is 0 Å². The maximum atomic E-state index is 13.8. The highest BCUT2D eigenvalue weighted by molar-refractivity contribution is 6.32. The highest BCUT2D eigenvalue weighted by atomic mass is 19.4. The van der Waals surface area contributed by atoms with Crippen molar-refractivity contribution in [2.45, 2.75) is 30.7 Å². The number of phenols is 1. The van der Waals surface area contributed by atoms with Crippen LogP contribution in [0, 0.1) is 23.7 Å². The van der Waals surface area contributed by atoms with Crippen LogP contribution >= 0.6 is 0 Å². The quantitative estimate of drug-likeness (QED) is 0.365. The number of fused-ring (bicyclic) bond motifs is 3. The number of ketones is 4. The summed E-state index contributed by atoms with van der Waals surface area (Å²) >= 11 is 0. The predicted molar refractivity (Wildman–Crippen MR) is 142 cm³/mol. The van der Waals surface area contributed by atoms with Crippen LogP contribution in [0.2, 0.25) is 0 Å². The molecule has 6 atom stereocenters. The SMILES string of the molecule is CN(C)[C@H]1C(=O)C(C(N)=O)C(=O)[C@]2(O)C(=O)C3C(=O)c4c(O)ccc(/C=C/c5ccc(C(F)(F)F)cc5)c4C[C@@H]3C[C@H]12. The van der Waals surface area contributed by atoms with Crippen LogP contribution in [0.25, 0.3) is 12.2 Å². The Morgan fingerprint density at radius 1 is 1.02 bits per heavy atom. The summed E-state index contributed by atoms with van der Waals surface area (Å²) in [6, 6.07) is 5.99. The van der Waals surface area contributed by atoms with E-state index in [0.29, 0.717) is 16.7 Å². The zero-order valence-corrected chi connectivity index (χ0v) is 22.5. The summed E-state index contributed by atoms with van der Waals surface area (Å²) in [6.45, 7) is 0. The zero-order chi connectivity index (χ0) is 30.9. The summed E-state index contributed by atoms with van der Waals surface area (Å²) in [7, 11) is 2.99. The average Bonchev–Trinajstić information content (AvgIpc) is 2.89. The number of aliphatic hydroxyl groups is 1. The number of carbonyl (C=O) groups excluding carboxylic acids is 5. The first-order valence-electron chi connectivity index (χ1n) is 13.1. The van der Waals surface area contributed by atoms with Crippen LogP contribution in [0.3, 0.4) is 0 Å². The number of aromatic hydroxyl groups is 1. The van der Waals surface area contributed by atoms with Gasteiger partial charge in [0.05, 0.1) is 23.1 Å². The summed E-state index contributed by atoms with van der Waals surface area (Å²) in [6.07, 6.45) is -1.41. The van der Waals surface area contributed by atoms with Crippen LogP contribution in [0.4, 0.5) is 13.2 Å². The van der Waals surface area contributed by atoms with E-state index in [1.165, 1.54) is 43.3 Å². The number of halogens is 3. The fourth-order valence-corrected chi connectivity index (χ4v) is 6.75. The van der Waals surface area contributed by atoms with E-state index < -0.39 is 81.8 Å². The molecule has 42 heavy (non-hydrogen) atoms. The molecule has 0 heterocycles. The van der Waals surface area contributed by atoms with Gasteiger partial charge in [-0.05, 0) is 67.7 Å². The maximum absolute atomic E-state index is 13.8. The molecule has 0 aromatic heterocycles. The molecule has 9 nitrogen and oxygen atoms in total. The summed E-state index contributed by atoms with van der Waals surface area (Å²) in [4.78, 5) is 67.6. The molecule has 12 heteroatoms. The van der Waals surface area contributed by atoms with Crippen molar-refractivity contribution in [2.75, 3.05) is 14.1 Å². The fourth-order valence-electron chi connectivity index (χ4n) is 6.75. The lowest BCUT2D eigenvalue weighted by Gasteiger charge is -2.52. The van der Waals surface area contributed by atoms with Crippen LogP contribution in [-0.4, -0.2) is 69.9 Å². The van der Waals surface area contributed by atoms with Crippen LogP contribution in [0.5, 0.6) is 5.75 Å². The van der Waals surface area contributed by atoms with E-state index in [9.17, 15) is 47.4 Å². The van der Waals surface area contributed by atoms with Crippen molar-refractivity contribution in [1.82, 2.24) is 4.90 Å². The number of amides is 1. The minimum absolute atomic E-state index is 0.0624. The van der Waals surface area contributed by atoms with Crippen molar-refractivity contribution >= 4 is 41.2 Å². The van der Waals surface area contributed by atoms with E-state index in [-0.39, 0.29) is 18.4 Å². The molecule has 0 saturated heterocycles. The van der Waals surface area contributed by atoms with Crippen LogP contribution in [0.1, 0.15) is 39.0 Å². The Labute approximate surface area is 237 Å². The van der Waals surface area contributed by atoms with Gasteiger partial charge < -0.3 is 15.9 Å². The molecule has 2 aromatic carbocycles. The van der Waals surface area contributed by atoms with Gasteiger partial charge in [-0.2, -0.15) is 13.2 Å². The summed E-state index contributed by atoms with van der Waals surface area (Å²) < 4.78 is 38.7. The molecule has 3 aliphatic carbocycles. The number of phenolic OH excluding ortho intramolecular Hbond substituents is 1. The second kappa shape index (κ2) is 9.99. The van der Waals surface area contributed by atoms with Gasteiger partial charge in [0.25, 0.3) is 0 Å². The molecule has 0 bridgehead atoms. The molecule has 4 N–H and O–H groups in total.